The number of fused-ring (bicyclic) bond motifs is 1. The number of rotatable bonds is 5. The van der Waals surface area contributed by atoms with Crippen LogP contribution < -0.4 is 5.32 Å². The van der Waals surface area contributed by atoms with E-state index in [9.17, 15) is 18.0 Å². The molecule has 144 valence electrons. The molecule has 1 unspecified atom stereocenters. The number of benzene rings is 1. The van der Waals surface area contributed by atoms with Gasteiger partial charge in [-0.2, -0.15) is 13.2 Å². The minimum atomic E-state index is -4.15. The number of carbonyl (C=O) groups is 1. The molecule has 27 heavy (non-hydrogen) atoms. The van der Waals surface area contributed by atoms with Crippen molar-refractivity contribution in [3.63, 3.8) is 0 Å². The molecule has 0 aliphatic heterocycles. The lowest BCUT2D eigenvalue weighted by Crippen LogP contribution is -2.27. The van der Waals surface area contributed by atoms with Crippen molar-refractivity contribution in [1.29, 1.82) is 0 Å². The van der Waals surface area contributed by atoms with Gasteiger partial charge in [0, 0.05) is 30.8 Å². The van der Waals surface area contributed by atoms with Crippen molar-refractivity contribution in [1.82, 2.24) is 10.3 Å². The molecule has 1 atom stereocenters. The molecule has 1 aromatic carbocycles. The summed E-state index contributed by atoms with van der Waals surface area (Å²) in [5.41, 5.74) is 2.85. The van der Waals surface area contributed by atoms with Crippen molar-refractivity contribution in [2.24, 2.45) is 5.92 Å². The maximum Gasteiger partial charge on any atom is 0.392 e. The fourth-order valence-electron chi connectivity index (χ4n) is 3.29. The van der Waals surface area contributed by atoms with Crippen LogP contribution in [0.3, 0.4) is 0 Å². The van der Waals surface area contributed by atoms with Crippen molar-refractivity contribution in [2.75, 3.05) is 20.3 Å². The Balaban J connectivity index is 1.84. The van der Waals surface area contributed by atoms with Gasteiger partial charge in [-0.05, 0) is 30.9 Å². The number of hydrogen-bond donors (Lipinski definition) is 1. The Morgan fingerprint density at radius 2 is 2.19 bits per heavy atom. The number of carbonyl (C=O) groups excluding carboxylic acids is 1. The van der Waals surface area contributed by atoms with Crippen molar-refractivity contribution in [3.05, 3.63) is 47.7 Å². The molecule has 1 amide bonds. The summed E-state index contributed by atoms with van der Waals surface area (Å²) in [6.45, 7) is 0.824. The van der Waals surface area contributed by atoms with Crippen LogP contribution in [-0.4, -0.2) is 37.3 Å². The average Bonchev–Trinajstić information content (AvgIpc) is 2.66. The molecule has 4 nitrogen and oxygen atoms in total. The molecular formula is C20H21F3N2O2. The first-order valence-corrected chi connectivity index (χ1v) is 8.82. The third-order valence-corrected chi connectivity index (χ3v) is 4.78. The standard InChI is InChI=1S/C20H21F3N2O2/c1-27-10-9-24-19(26)15-11-14-3-2-4-17(18(14)25-12-15)13-5-7-16(8-6-13)20(21,22)23/h2-5,11-12,16H,6-10H2,1H3,(H,24,26). The minimum Gasteiger partial charge on any atom is -0.383 e. The molecule has 1 heterocycles. The molecule has 0 radical (unpaired) electrons. The highest BCUT2D eigenvalue weighted by molar-refractivity contribution is 5.99. The van der Waals surface area contributed by atoms with E-state index in [1.165, 1.54) is 6.20 Å². The van der Waals surface area contributed by atoms with Gasteiger partial charge in [0.15, 0.2) is 0 Å². The number of methoxy groups -OCH3 is 1. The summed E-state index contributed by atoms with van der Waals surface area (Å²) < 4.78 is 43.5. The summed E-state index contributed by atoms with van der Waals surface area (Å²) >= 11 is 0. The number of halogens is 3. The fourth-order valence-corrected chi connectivity index (χ4v) is 3.29. The molecule has 0 fully saturated rings. The number of amides is 1. The number of para-hydroxylation sites is 1. The second-order valence-corrected chi connectivity index (χ2v) is 6.59. The number of allylic oxidation sites excluding steroid dienone is 2. The number of pyridine rings is 1. The van der Waals surface area contributed by atoms with Crippen molar-refractivity contribution in [2.45, 2.75) is 25.4 Å². The van der Waals surface area contributed by atoms with Crippen LogP contribution in [0.2, 0.25) is 0 Å². The lowest BCUT2D eigenvalue weighted by Gasteiger charge is -2.24. The van der Waals surface area contributed by atoms with Crippen LogP contribution >= 0.6 is 0 Å². The zero-order chi connectivity index (χ0) is 19.4. The molecule has 1 N–H and O–H groups in total. The van der Waals surface area contributed by atoms with Crippen molar-refractivity contribution >= 4 is 22.4 Å². The van der Waals surface area contributed by atoms with Crippen LogP contribution in [0.5, 0.6) is 0 Å². The van der Waals surface area contributed by atoms with E-state index in [-0.39, 0.29) is 18.7 Å². The molecule has 7 heteroatoms. The van der Waals surface area contributed by atoms with E-state index in [0.717, 1.165) is 16.5 Å². The van der Waals surface area contributed by atoms with E-state index >= 15 is 0 Å². The van der Waals surface area contributed by atoms with Crippen LogP contribution in [0.25, 0.3) is 16.5 Å². The van der Waals surface area contributed by atoms with Gasteiger partial charge in [-0.15, -0.1) is 0 Å². The SMILES string of the molecule is COCCNC(=O)c1cnc2c(C3=CCC(C(F)(F)F)CC3)cccc2c1. The van der Waals surface area contributed by atoms with Gasteiger partial charge in [0.2, 0.25) is 0 Å². The van der Waals surface area contributed by atoms with Gasteiger partial charge in [-0.25, -0.2) is 0 Å². The summed E-state index contributed by atoms with van der Waals surface area (Å²) in [5, 5.41) is 3.52. The molecule has 0 spiro atoms. The maximum absolute atomic E-state index is 12.9. The van der Waals surface area contributed by atoms with Gasteiger partial charge in [0.05, 0.1) is 23.6 Å². The molecule has 0 saturated heterocycles. The Hall–Kier alpha value is -2.41. The molecule has 2 aromatic rings. The normalized spacial score (nSPS) is 17.6. The smallest absolute Gasteiger partial charge is 0.383 e. The number of hydrogen-bond acceptors (Lipinski definition) is 3. The number of nitrogens with zero attached hydrogens (tertiary/aromatic N) is 1. The van der Waals surface area contributed by atoms with E-state index < -0.39 is 12.1 Å². The lowest BCUT2D eigenvalue weighted by atomic mass is 9.85. The molecule has 3 rings (SSSR count). The number of alkyl halides is 3. The van der Waals surface area contributed by atoms with Crippen molar-refractivity contribution in [3.8, 4) is 0 Å². The zero-order valence-electron chi connectivity index (χ0n) is 15.0. The third-order valence-electron chi connectivity index (χ3n) is 4.78. The second-order valence-electron chi connectivity index (χ2n) is 6.59. The Labute approximate surface area is 155 Å². The predicted octanol–water partition coefficient (Wildman–Crippen LogP) is 4.36. The third kappa shape index (κ3) is 4.47. The van der Waals surface area contributed by atoms with Gasteiger partial charge in [0.25, 0.3) is 5.91 Å². The minimum absolute atomic E-state index is 0.00475. The van der Waals surface area contributed by atoms with Gasteiger partial charge in [0.1, 0.15) is 0 Å². The zero-order valence-corrected chi connectivity index (χ0v) is 15.0. The van der Waals surface area contributed by atoms with Gasteiger partial charge in [-0.1, -0.05) is 24.3 Å². The predicted molar refractivity (Wildman–Crippen MR) is 97.3 cm³/mol. The number of nitrogens with one attached hydrogen (secondary N) is 1. The molecule has 1 aromatic heterocycles. The van der Waals surface area contributed by atoms with Crippen molar-refractivity contribution < 1.29 is 22.7 Å². The summed E-state index contributed by atoms with van der Waals surface area (Å²) in [6.07, 6.45) is -0.533. The van der Waals surface area contributed by atoms with Crippen LogP contribution in [0.1, 0.15) is 35.2 Å². The maximum atomic E-state index is 12.9. The largest absolute Gasteiger partial charge is 0.392 e. The highest BCUT2D eigenvalue weighted by Gasteiger charge is 2.39. The quantitative estimate of drug-likeness (QED) is 0.787. The van der Waals surface area contributed by atoms with E-state index in [0.29, 0.717) is 30.7 Å². The first-order valence-electron chi connectivity index (χ1n) is 8.82. The molecular weight excluding hydrogens is 357 g/mol. The highest BCUT2D eigenvalue weighted by atomic mass is 19.4. The Morgan fingerprint density at radius 3 is 2.85 bits per heavy atom. The van der Waals surface area contributed by atoms with Crippen LogP contribution in [0, 0.1) is 5.92 Å². The van der Waals surface area contributed by atoms with Crippen LogP contribution in [0.15, 0.2) is 36.5 Å². The lowest BCUT2D eigenvalue weighted by molar-refractivity contribution is -0.175. The summed E-state index contributed by atoms with van der Waals surface area (Å²) in [5.74, 6) is -1.51. The molecule has 1 aliphatic rings. The second kappa shape index (κ2) is 8.08. The van der Waals surface area contributed by atoms with E-state index in [4.69, 9.17) is 4.74 Å². The van der Waals surface area contributed by atoms with E-state index in [1.54, 1.807) is 19.3 Å². The molecule has 1 aliphatic carbocycles. The Bertz CT molecular complexity index is 862. The van der Waals surface area contributed by atoms with Gasteiger partial charge < -0.3 is 10.1 Å². The monoisotopic (exact) mass is 378 g/mol. The average molecular weight is 378 g/mol. The van der Waals surface area contributed by atoms with E-state index in [2.05, 4.69) is 10.3 Å². The van der Waals surface area contributed by atoms with E-state index in [1.807, 2.05) is 18.2 Å². The van der Waals surface area contributed by atoms with Crippen LogP contribution in [0.4, 0.5) is 13.2 Å². The number of aromatic nitrogens is 1. The van der Waals surface area contributed by atoms with Gasteiger partial charge >= 0.3 is 6.18 Å². The Morgan fingerprint density at radius 1 is 1.37 bits per heavy atom. The fraction of sp³-hybridized carbons (Fsp3) is 0.400. The highest BCUT2D eigenvalue weighted by Crippen LogP contribution is 2.40. The Kier molecular flexibility index (Phi) is 5.79. The summed E-state index contributed by atoms with van der Waals surface area (Å²) in [7, 11) is 1.56. The summed E-state index contributed by atoms with van der Waals surface area (Å²) in [4.78, 5) is 16.6. The molecule has 0 saturated carbocycles. The van der Waals surface area contributed by atoms with Gasteiger partial charge in [-0.3, -0.25) is 9.78 Å². The number of ether oxygens (including phenoxy) is 1. The first kappa shape index (κ1) is 19.4. The topological polar surface area (TPSA) is 51.2 Å². The first-order chi connectivity index (χ1) is 12.9. The van der Waals surface area contributed by atoms with Crippen LogP contribution in [-0.2, 0) is 4.74 Å². The summed E-state index contributed by atoms with van der Waals surface area (Å²) in [6, 6.07) is 7.30. The molecule has 0 bridgehead atoms.